The van der Waals surface area contributed by atoms with Gasteiger partial charge in [0.2, 0.25) is 0 Å². The van der Waals surface area contributed by atoms with Gasteiger partial charge in [0.05, 0.1) is 17.1 Å². The first-order chi connectivity index (χ1) is 23.2. The van der Waals surface area contributed by atoms with Crippen molar-refractivity contribution in [1.29, 1.82) is 0 Å². The van der Waals surface area contributed by atoms with Gasteiger partial charge in [0.25, 0.3) is 0 Å². The monoisotopic (exact) mass is 603 g/mol. The summed E-state index contributed by atoms with van der Waals surface area (Å²) in [6.07, 6.45) is 17.2. The van der Waals surface area contributed by atoms with Gasteiger partial charge in [-0.3, -0.25) is 0 Å². The van der Waals surface area contributed by atoms with Crippen molar-refractivity contribution in [3.63, 3.8) is 0 Å². The zero-order valence-electron chi connectivity index (χ0n) is 26.9. The largest absolute Gasteiger partial charge is 0.337 e. The Morgan fingerprint density at radius 3 is 2.19 bits per heavy atom. The molecule has 0 fully saturated rings. The Balaban J connectivity index is 1.52. The van der Waals surface area contributed by atoms with Gasteiger partial charge in [-0.05, 0) is 70.0 Å². The van der Waals surface area contributed by atoms with Crippen molar-refractivity contribution >= 4 is 33.8 Å². The smallest absolute Gasteiger partial charge is 0.0600 e. The molecule has 0 bridgehead atoms. The van der Waals surface area contributed by atoms with Crippen LogP contribution in [-0.2, 0) is 5.41 Å². The van der Waals surface area contributed by atoms with Gasteiger partial charge in [0, 0.05) is 22.2 Å². The van der Waals surface area contributed by atoms with Gasteiger partial charge in [0.1, 0.15) is 0 Å². The summed E-state index contributed by atoms with van der Waals surface area (Å²) in [6, 6.07) is 44.4. The number of rotatable bonds is 6. The molecule has 0 N–H and O–H groups in total. The zero-order valence-corrected chi connectivity index (χ0v) is 26.9. The Morgan fingerprint density at radius 1 is 0.787 bits per heavy atom. The van der Waals surface area contributed by atoms with Gasteiger partial charge in [-0.25, -0.2) is 0 Å². The first kappa shape index (κ1) is 28.9. The summed E-state index contributed by atoms with van der Waals surface area (Å²) >= 11 is 0. The molecule has 0 saturated heterocycles. The van der Waals surface area contributed by atoms with Gasteiger partial charge >= 0.3 is 0 Å². The van der Waals surface area contributed by atoms with E-state index in [-0.39, 0.29) is 12.0 Å². The molecule has 47 heavy (non-hydrogen) atoms. The van der Waals surface area contributed by atoms with E-state index in [2.05, 4.69) is 188 Å². The van der Waals surface area contributed by atoms with Crippen molar-refractivity contribution < 1.29 is 0 Å². The van der Waals surface area contributed by atoms with E-state index in [0.29, 0.717) is 0 Å². The Labute approximate surface area is 277 Å². The fourth-order valence-corrected chi connectivity index (χ4v) is 8.13. The third kappa shape index (κ3) is 4.64. The molecule has 1 heteroatoms. The zero-order chi connectivity index (χ0) is 31.8. The van der Waals surface area contributed by atoms with Gasteiger partial charge < -0.3 is 4.90 Å². The molecule has 1 aliphatic heterocycles. The summed E-state index contributed by atoms with van der Waals surface area (Å²) in [7, 11) is 0. The number of hydrogen-bond acceptors (Lipinski definition) is 1. The topological polar surface area (TPSA) is 3.24 Å². The lowest BCUT2D eigenvalue weighted by Gasteiger charge is -2.55. The number of hydrogen-bond donors (Lipinski definition) is 0. The summed E-state index contributed by atoms with van der Waals surface area (Å²) in [6.45, 7) is 4.55. The molecule has 5 aromatic carbocycles. The summed E-state index contributed by atoms with van der Waals surface area (Å²) in [4.78, 5) is 2.61. The second-order valence-corrected chi connectivity index (χ2v) is 12.6. The third-order valence-electron chi connectivity index (χ3n) is 10.1. The van der Waals surface area contributed by atoms with Crippen LogP contribution < -0.4 is 15.3 Å². The summed E-state index contributed by atoms with van der Waals surface area (Å²) in [5, 5.41) is 4.72. The summed E-state index contributed by atoms with van der Waals surface area (Å²) in [5.74, 6) is 0.0773. The Kier molecular flexibility index (Phi) is 7.35. The van der Waals surface area contributed by atoms with Crippen molar-refractivity contribution in [3.05, 3.63) is 202 Å². The van der Waals surface area contributed by atoms with Crippen molar-refractivity contribution in [1.82, 2.24) is 0 Å². The van der Waals surface area contributed by atoms with E-state index in [0.717, 1.165) is 11.6 Å². The molecule has 2 atom stereocenters. The molecule has 1 nitrogen and oxygen atoms in total. The minimum absolute atomic E-state index is 0.0511. The van der Waals surface area contributed by atoms with E-state index < -0.39 is 5.41 Å². The van der Waals surface area contributed by atoms with E-state index in [1.807, 2.05) is 6.08 Å². The molecule has 1 heterocycles. The van der Waals surface area contributed by atoms with Crippen molar-refractivity contribution in [2.24, 2.45) is 5.92 Å². The fraction of sp³-hybridized carbons (Fsp3) is 0.130. The molecular weight excluding hydrogens is 567 g/mol. The van der Waals surface area contributed by atoms with Crippen LogP contribution in [0.5, 0.6) is 0 Å². The molecule has 8 rings (SSSR count). The quantitative estimate of drug-likeness (QED) is 0.175. The van der Waals surface area contributed by atoms with E-state index in [9.17, 15) is 0 Å². The maximum absolute atomic E-state index is 3.49. The van der Waals surface area contributed by atoms with Gasteiger partial charge in [-0.1, -0.05) is 164 Å². The average molecular weight is 604 g/mol. The van der Waals surface area contributed by atoms with Gasteiger partial charge in [-0.2, -0.15) is 0 Å². The molecule has 0 amide bonds. The highest BCUT2D eigenvalue weighted by molar-refractivity contribution is 5.97. The van der Waals surface area contributed by atoms with E-state index >= 15 is 0 Å². The predicted octanol–water partition coefficient (Wildman–Crippen LogP) is 9.41. The molecule has 2 unspecified atom stereocenters. The molecule has 3 aliphatic rings. The molecule has 5 aromatic rings. The first-order valence-corrected chi connectivity index (χ1v) is 16.7. The van der Waals surface area contributed by atoms with E-state index in [1.54, 1.807) is 0 Å². The van der Waals surface area contributed by atoms with Crippen LogP contribution in [0.15, 0.2) is 175 Å². The number of allylic oxidation sites excluding steroid dienone is 7. The predicted molar refractivity (Wildman–Crippen MR) is 198 cm³/mol. The van der Waals surface area contributed by atoms with Crippen molar-refractivity contribution in [2.75, 3.05) is 4.90 Å². The Bertz CT molecular complexity index is 2270. The lowest BCUT2D eigenvalue weighted by atomic mass is 9.55. The minimum Gasteiger partial charge on any atom is -0.337 e. The number of nitrogens with zero attached hydrogens (tertiary/aromatic N) is 1. The summed E-state index contributed by atoms with van der Waals surface area (Å²) in [5.41, 5.74) is 15.2. The fourth-order valence-electron chi connectivity index (χ4n) is 8.13. The molecule has 0 saturated carbocycles. The molecule has 2 aliphatic carbocycles. The van der Waals surface area contributed by atoms with Crippen molar-refractivity contribution in [2.45, 2.75) is 31.7 Å². The normalized spacial score (nSPS) is 19.3. The first-order valence-electron chi connectivity index (χ1n) is 16.7. The third-order valence-corrected chi connectivity index (χ3v) is 10.1. The molecular formula is C46H37N. The van der Waals surface area contributed by atoms with E-state index in [4.69, 9.17) is 0 Å². The van der Waals surface area contributed by atoms with Crippen LogP contribution in [0.25, 0.3) is 28.2 Å². The van der Waals surface area contributed by atoms with E-state index in [1.165, 1.54) is 55.2 Å². The standard InChI is InChI=1S/C46H37N/c1-3-4-26-41-33(2)47(44-27-16-20-36-29-28-35-19-14-15-25-40(35)45(36)44)43-31-30-37(34-17-8-5-9-18-34)32-42(43)46(41,38-21-10-6-11-22-38)39-23-12-7-13-24-39/h4-14,16-24,26-32,42-43H,3H2,1-2H3/b26-4-. The van der Waals surface area contributed by atoms with Crippen LogP contribution >= 0.6 is 0 Å². The highest BCUT2D eigenvalue weighted by atomic mass is 15.2. The highest BCUT2D eigenvalue weighted by Crippen LogP contribution is 2.56. The van der Waals surface area contributed by atoms with Crippen LogP contribution in [0.4, 0.5) is 5.69 Å². The average Bonchev–Trinajstić information content (AvgIpc) is 3.14. The van der Waals surface area contributed by atoms with Crippen LogP contribution in [0, 0.1) is 5.92 Å². The van der Waals surface area contributed by atoms with Gasteiger partial charge in [0.15, 0.2) is 0 Å². The second kappa shape index (κ2) is 12.0. The minimum atomic E-state index is -0.434. The maximum Gasteiger partial charge on any atom is 0.0600 e. The number of anilines is 1. The molecule has 0 aromatic heterocycles. The maximum atomic E-state index is 3.49. The number of fused-ring (bicyclic) bond motifs is 4. The second-order valence-electron chi connectivity index (χ2n) is 12.6. The van der Waals surface area contributed by atoms with Crippen LogP contribution in [0.1, 0.15) is 37.0 Å². The molecule has 0 spiro atoms. The lowest BCUT2D eigenvalue weighted by Crippen LogP contribution is -2.55. The molecule has 226 valence electrons. The SMILES string of the molecule is CC/C=C\C1=C(C)N(c2cccc3ccc4c(c23)=C=C=CC=4)C2C=CC(c3ccccc3)=CC2C1(c1ccccc1)c1ccccc1. The summed E-state index contributed by atoms with van der Waals surface area (Å²) < 4.78 is 0. The Morgan fingerprint density at radius 2 is 1.49 bits per heavy atom. The van der Waals surface area contributed by atoms with Crippen LogP contribution in [-0.4, -0.2) is 6.04 Å². The Hall–Kier alpha value is -5.58. The van der Waals surface area contributed by atoms with Crippen LogP contribution in [0.3, 0.4) is 0 Å². The highest BCUT2D eigenvalue weighted by Gasteiger charge is 2.53. The molecule has 0 radical (unpaired) electrons. The number of benzene rings is 5. The van der Waals surface area contributed by atoms with Gasteiger partial charge in [-0.15, -0.1) is 0 Å². The van der Waals surface area contributed by atoms with Crippen molar-refractivity contribution in [3.8, 4) is 0 Å². The van der Waals surface area contributed by atoms with Crippen LogP contribution in [0.2, 0.25) is 0 Å². The lowest BCUT2D eigenvalue weighted by molar-refractivity contribution is 0.374.